The zero-order chi connectivity index (χ0) is 26.5. The van der Waals surface area contributed by atoms with Crippen LogP contribution in [-0.4, -0.2) is 36.8 Å². The summed E-state index contributed by atoms with van der Waals surface area (Å²) >= 11 is 6.77. The molecule has 0 aliphatic rings. The van der Waals surface area contributed by atoms with Crippen LogP contribution in [0.4, 0.5) is 0 Å². The van der Waals surface area contributed by atoms with Crippen molar-refractivity contribution in [3.05, 3.63) is 56.5 Å². The molecule has 2 aromatic carbocycles. The molecule has 0 saturated heterocycles. The lowest BCUT2D eigenvalue weighted by Crippen LogP contribution is -2.44. The van der Waals surface area contributed by atoms with Crippen LogP contribution in [-0.2, 0) is 19.2 Å². The van der Waals surface area contributed by atoms with Gasteiger partial charge in [0.25, 0.3) is 11.8 Å². The van der Waals surface area contributed by atoms with E-state index in [1.807, 2.05) is 26.0 Å². The quantitative estimate of drug-likeness (QED) is 0.223. The minimum absolute atomic E-state index is 0.118. The Morgan fingerprint density at radius 2 is 1.00 bits per heavy atom. The fourth-order valence-corrected chi connectivity index (χ4v) is 3.25. The second kappa shape index (κ2) is 15.1. The highest BCUT2D eigenvalue weighted by atomic mass is 79.9. The molecule has 0 saturated carbocycles. The Labute approximate surface area is 226 Å². The number of nitrogens with one attached hydrogen (secondary N) is 4. The molecule has 4 amide bonds. The van der Waals surface area contributed by atoms with Crippen LogP contribution in [0.25, 0.3) is 0 Å². The van der Waals surface area contributed by atoms with Gasteiger partial charge in [0, 0.05) is 21.8 Å². The number of unbranched alkanes of at least 4 members (excludes halogenated alkanes) is 1. The number of amides is 4. The Bertz CT molecular complexity index is 1010. The van der Waals surface area contributed by atoms with E-state index in [0.717, 1.165) is 20.1 Å². The first kappa shape index (κ1) is 29.1. The average Bonchev–Trinajstić information content (AvgIpc) is 2.85. The van der Waals surface area contributed by atoms with Gasteiger partial charge in [0.15, 0.2) is 13.2 Å². The van der Waals surface area contributed by atoms with Crippen molar-refractivity contribution in [3.63, 3.8) is 0 Å². The van der Waals surface area contributed by atoms with Crippen molar-refractivity contribution in [1.82, 2.24) is 21.7 Å². The van der Waals surface area contributed by atoms with E-state index in [0.29, 0.717) is 24.3 Å². The van der Waals surface area contributed by atoms with E-state index in [9.17, 15) is 19.2 Å². The first-order chi connectivity index (χ1) is 17.1. The number of ether oxygens (including phenoxy) is 2. The second-order valence-corrected chi connectivity index (χ2v) is 9.51. The summed E-state index contributed by atoms with van der Waals surface area (Å²) in [5, 5.41) is 0. The summed E-state index contributed by atoms with van der Waals surface area (Å²) in [5.74, 6) is -0.706. The molecule has 0 aliphatic carbocycles. The fraction of sp³-hybridized carbons (Fsp3) is 0.333. The van der Waals surface area contributed by atoms with E-state index < -0.39 is 23.6 Å². The summed E-state index contributed by atoms with van der Waals surface area (Å²) in [6, 6.07) is 10.7. The molecule has 4 N–H and O–H groups in total. The maximum Gasteiger partial charge on any atom is 0.276 e. The van der Waals surface area contributed by atoms with Gasteiger partial charge in [-0.3, -0.25) is 40.9 Å². The highest BCUT2D eigenvalue weighted by Gasteiger charge is 2.09. The SMILES string of the molecule is Cc1cc(OCC(=O)NNC(=O)CCCCC(=O)NNC(=O)COc2ccc(Br)c(C)c2)ccc1Br. The molecule has 10 nitrogen and oxygen atoms in total. The van der Waals surface area contributed by atoms with Crippen LogP contribution in [0, 0.1) is 13.8 Å². The van der Waals surface area contributed by atoms with Crippen molar-refractivity contribution < 1.29 is 28.7 Å². The number of aryl methyl sites for hydroxylation is 2. The third-order valence-electron chi connectivity index (χ3n) is 4.74. The van der Waals surface area contributed by atoms with Gasteiger partial charge in [-0.25, -0.2) is 0 Å². The lowest BCUT2D eigenvalue weighted by atomic mass is 10.2. The summed E-state index contributed by atoms with van der Waals surface area (Å²) in [6.45, 7) is 3.31. The van der Waals surface area contributed by atoms with Crippen molar-refractivity contribution in [2.75, 3.05) is 13.2 Å². The molecule has 0 fully saturated rings. The minimum Gasteiger partial charge on any atom is -0.484 e. The summed E-state index contributed by atoms with van der Waals surface area (Å²) in [7, 11) is 0. The summed E-state index contributed by atoms with van der Waals surface area (Å²) in [6.07, 6.45) is 1.08. The smallest absolute Gasteiger partial charge is 0.276 e. The van der Waals surface area contributed by atoms with E-state index in [4.69, 9.17) is 9.47 Å². The molecular formula is C24H28Br2N4O6. The molecule has 194 valence electrons. The van der Waals surface area contributed by atoms with Crippen LogP contribution in [0.1, 0.15) is 36.8 Å². The Kier molecular flexibility index (Phi) is 12.2. The van der Waals surface area contributed by atoms with Crippen molar-refractivity contribution in [3.8, 4) is 11.5 Å². The highest BCUT2D eigenvalue weighted by molar-refractivity contribution is 9.10. The van der Waals surface area contributed by atoms with Gasteiger partial charge in [-0.05, 0) is 74.2 Å². The minimum atomic E-state index is -0.502. The van der Waals surface area contributed by atoms with Crippen LogP contribution in [0.15, 0.2) is 45.3 Å². The van der Waals surface area contributed by atoms with E-state index in [1.54, 1.807) is 24.3 Å². The number of rotatable bonds is 11. The van der Waals surface area contributed by atoms with Gasteiger partial charge in [-0.1, -0.05) is 31.9 Å². The van der Waals surface area contributed by atoms with Crippen LogP contribution in [0.5, 0.6) is 11.5 Å². The van der Waals surface area contributed by atoms with Gasteiger partial charge in [0.2, 0.25) is 11.8 Å². The Hall–Kier alpha value is -3.12. The lowest BCUT2D eigenvalue weighted by Gasteiger charge is -2.10. The van der Waals surface area contributed by atoms with Gasteiger partial charge in [0.05, 0.1) is 0 Å². The molecule has 2 aromatic rings. The number of hydrazine groups is 2. The molecule has 36 heavy (non-hydrogen) atoms. The third kappa shape index (κ3) is 11.1. The number of halogens is 2. The summed E-state index contributed by atoms with van der Waals surface area (Å²) in [4.78, 5) is 47.3. The molecule has 0 atom stereocenters. The van der Waals surface area contributed by atoms with Crippen LogP contribution >= 0.6 is 31.9 Å². The van der Waals surface area contributed by atoms with Crippen molar-refractivity contribution in [1.29, 1.82) is 0 Å². The zero-order valence-corrected chi connectivity index (χ0v) is 23.1. The van der Waals surface area contributed by atoms with Gasteiger partial charge in [0.1, 0.15) is 11.5 Å². The number of hydrogen-bond acceptors (Lipinski definition) is 6. The molecule has 0 bridgehead atoms. The number of carbonyl (C=O) groups is 4. The number of carbonyl (C=O) groups excluding carboxylic acids is 4. The van der Waals surface area contributed by atoms with E-state index in [-0.39, 0.29) is 26.1 Å². The topological polar surface area (TPSA) is 135 Å². The first-order valence-electron chi connectivity index (χ1n) is 11.1. The van der Waals surface area contributed by atoms with Crippen molar-refractivity contribution in [2.45, 2.75) is 39.5 Å². The number of hydrogen-bond donors (Lipinski definition) is 4. The number of benzene rings is 2. The maximum atomic E-state index is 11.8. The van der Waals surface area contributed by atoms with Gasteiger partial charge >= 0.3 is 0 Å². The van der Waals surface area contributed by atoms with Crippen LogP contribution in [0.2, 0.25) is 0 Å². The molecule has 0 aliphatic heterocycles. The maximum absolute atomic E-state index is 11.8. The summed E-state index contributed by atoms with van der Waals surface area (Å²) < 4.78 is 12.6. The van der Waals surface area contributed by atoms with Gasteiger partial charge in [-0.15, -0.1) is 0 Å². The zero-order valence-electron chi connectivity index (χ0n) is 19.9. The van der Waals surface area contributed by atoms with Crippen molar-refractivity contribution >= 4 is 55.5 Å². The average molecular weight is 628 g/mol. The lowest BCUT2D eigenvalue weighted by molar-refractivity contribution is -0.130. The van der Waals surface area contributed by atoms with Crippen molar-refractivity contribution in [2.24, 2.45) is 0 Å². The fourth-order valence-electron chi connectivity index (χ4n) is 2.76. The van der Waals surface area contributed by atoms with E-state index >= 15 is 0 Å². The van der Waals surface area contributed by atoms with Crippen LogP contribution in [0.3, 0.4) is 0 Å². The van der Waals surface area contributed by atoms with E-state index in [2.05, 4.69) is 53.6 Å². The molecule has 0 unspecified atom stereocenters. The molecule has 0 aromatic heterocycles. The van der Waals surface area contributed by atoms with Gasteiger partial charge in [-0.2, -0.15) is 0 Å². The van der Waals surface area contributed by atoms with Gasteiger partial charge < -0.3 is 9.47 Å². The molecular weight excluding hydrogens is 600 g/mol. The third-order valence-corrected chi connectivity index (χ3v) is 6.52. The molecule has 0 heterocycles. The Balaban J connectivity index is 1.51. The largest absolute Gasteiger partial charge is 0.484 e. The first-order valence-corrected chi connectivity index (χ1v) is 12.7. The normalized spacial score (nSPS) is 10.2. The highest BCUT2D eigenvalue weighted by Crippen LogP contribution is 2.22. The standard InChI is InChI=1S/C24H28Br2N4O6/c1-15-11-17(7-9-19(15)25)35-13-23(33)29-27-21(31)5-3-4-6-22(32)28-30-24(34)14-36-18-8-10-20(26)16(2)12-18/h7-12H,3-6,13-14H2,1-2H3,(H,27,31)(H,28,32)(H,29,33)(H,30,34). The predicted molar refractivity (Wildman–Crippen MR) is 140 cm³/mol. The summed E-state index contributed by atoms with van der Waals surface area (Å²) in [5.41, 5.74) is 11.1. The monoisotopic (exact) mass is 626 g/mol. The predicted octanol–water partition coefficient (Wildman–Crippen LogP) is 3.14. The Morgan fingerprint density at radius 1 is 0.639 bits per heavy atom. The molecule has 0 spiro atoms. The second-order valence-electron chi connectivity index (χ2n) is 7.80. The molecule has 2 rings (SSSR count). The van der Waals surface area contributed by atoms with E-state index in [1.165, 1.54) is 0 Å². The Morgan fingerprint density at radius 3 is 1.36 bits per heavy atom. The van der Waals surface area contributed by atoms with Crippen LogP contribution < -0.4 is 31.2 Å². The molecule has 0 radical (unpaired) electrons. The molecule has 12 heteroatoms.